The van der Waals surface area contributed by atoms with Crippen LogP contribution < -0.4 is 4.90 Å². The molecule has 1 saturated heterocycles. The zero-order valence-corrected chi connectivity index (χ0v) is 16.9. The standard InChI is InChI=1S/C22H24N4OS/c1-15-14-25(22-24-21-19(28-22)3-2-10-23-21)11-12-26(15)20(27)13-16-4-6-17(7-5-16)18-8-9-18/h2-7,10,15,18H,8-9,11-14H2,1H3. The first-order chi connectivity index (χ1) is 13.7. The van der Waals surface area contributed by atoms with Gasteiger partial charge in [0.05, 0.1) is 11.1 Å². The molecule has 0 spiro atoms. The minimum Gasteiger partial charge on any atom is -0.344 e. The Labute approximate surface area is 169 Å². The van der Waals surface area contributed by atoms with Crippen molar-refractivity contribution in [2.75, 3.05) is 24.5 Å². The first-order valence-corrected chi connectivity index (χ1v) is 10.8. The van der Waals surface area contributed by atoms with Crippen LogP contribution in [0.3, 0.4) is 0 Å². The summed E-state index contributed by atoms with van der Waals surface area (Å²) in [6.07, 6.45) is 4.89. The SMILES string of the molecule is CC1CN(c2nc3ncccc3s2)CCN1C(=O)Cc1ccc(C2CC2)cc1. The number of piperazine rings is 1. The number of rotatable bonds is 4. The fourth-order valence-electron chi connectivity index (χ4n) is 4.00. The third-order valence-corrected chi connectivity index (χ3v) is 6.83. The Bertz CT molecular complexity index is 962. The topological polar surface area (TPSA) is 49.3 Å². The summed E-state index contributed by atoms with van der Waals surface area (Å²) in [5, 5.41) is 1.00. The molecule has 28 heavy (non-hydrogen) atoms. The maximum Gasteiger partial charge on any atom is 0.227 e. The van der Waals surface area contributed by atoms with Crippen molar-refractivity contribution in [2.45, 2.75) is 38.1 Å². The van der Waals surface area contributed by atoms with Crippen molar-refractivity contribution in [3.05, 3.63) is 53.7 Å². The van der Waals surface area contributed by atoms with Crippen LogP contribution in [0.15, 0.2) is 42.6 Å². The minimum atomic E-state index is 0.173. The molecule has 3 aromatic rings. The largest absolute Gasteiger partial charge is 0.344 e. The predicted octanol–water partition coefficient (Wildman–Crippen LogP) is 3.85. The lowest BCUT2D eigenvalue weighted by Gasteiger charge is -2.39. The molecule has 2 aromatic heterocycles. The molecule has 2 aliphatic rings. The molecular weight excluding hydrogens is 368 g/mol. The zero-order valence-electron chi connectivity index (χ0n) is 16.0. The monoisotopic (exact) mass is 392 g/mol. The van der Waals surface area contributed by atoms with Gasteiger partial charge in [0.2, 0.25) is 5.91 Å². The number of carbonyl (C=O) groups excluding carboxylic acids is 1. The highest BCUT2D eigenvalue weighted by atomic mass is 32.1. The molecule has 2 fully saturated rings. The molecule has 1 aliphatic carbocycles. The average molecular weight is 393 g/mol. The first kappa shape index (κ1) is 17.6. The molecule has 1 saturated carbocycles. The Balaban J connectivity index is 1.23. The quantitative estimate of drug-likeness (QED) is 0.677. The summed E-state index contributed by atoms with van der Waals surface area (Å²) >= 11 is 1.68. The van der Waals surface area contributed by atoms with Gasteiger partial charge >= 0.3 is 0 Å². The third kappa shape index (κ3) is 3.49. The van der Waals surface area contributed by atoms with Crippen LogP contribution in [-0.2, 0) is 11.2 Å². The number of thiazole rings is 1. The average Bonchev–Trinajstić information content (AvgIpc) is 3.46. The normalized spacial score (nSPS) is 20.0. The second-order valence-corrected chi connectivity index (χ2v) is 8.91. The van der Waals surface area contributed by atoms with E-state index >= 15 is 0 Å². The van der Waals surface area contributed by atoms with Gasteiger partial charge in [-0.25, -0.2) is 4.98 Å². The second kappa shape index (κ2) is 7.17. The Hall–Kier alpha value is -2.47. The van der Waals surface area contributed by atoms with Gasteiger partial charge in [-0.2, -0.15) is 4.98 Å². The van der Waals surface area contributed by atoms with E-state index in [2.05, 4.69) is 52.1 Å². The number of anilines is 1. The van der Waals surface area contributed by atoms with Crippen LogP contribution in [0.2, 0.25) is 0 Å². The van der Waals surface area contributed by atoms with Gasteiger partial charge in [-0.15, -0.1) is 0 Å². The van der Waals surface area contributed by atoms with Crippen LogP contribution in [0.1, 0.15) is 36.8 Å². The molecule has 1 atom stereocenters. The van der Waals surface area contributed by atoms with E-state index in [0.29, 0.717) is 6.42 Å². The highest BCUT2D eigenvalue weighted by Crippen LogP contribution is 2.40. The van der Waals surface area contributed by atoms with E-state index in [9.17, 15) is 4.79 Å². The van der Waals surface area contributed by atoms with E-state index in [4.69, 9.17) is 0 Å². The van der Waals surface area contributed by atoms with Gasteiger partial charge in [0.25, 0.3) is 0 Å². The summed E-state index contributed by atoms with van der Waals surface area (Å²) in [5.74, 6) is 0.979. The van der Waals surface area contributed by atoms with Crippen molar-refractivity contribution in [1.82, 2.24) is 14.9 Å². The van der Waals surface area contributed by atoms with Crippen LogP contribution in [0, 0.1) is 0 Å². The van der Waals surface area contributed by atoms with E-state index in [-0.39, 0.29) is 11.9 Å². The summed E-state index contributed by atoms with van der Waals surface area (Å²) in [6, 6.07) is 12.8. The van der Waals surface area contributed by atoms with Gasteiger partial charge in [0.1, 0.15) is 0 Å². The molecule has 0 bridgehead atoms. The molecule has 1 aliphatic heterocycles. The van der Waals surface area contributed by atoms with Gasteiger partial charge in [-0.3, -0.25) is 4.79 Å². The van der Waals surface area contributed by atoms with Crippen molar-refractivity contribution in [3.8, 4) is 0 Å². The highest BCUT2D eigenvalue weighted by Gasteiger charge is 2.29. The molecule has 3 heterocycles. The fraction of sp³-hybridized carbons (Fsp3) is 0.409. The van der Waals surface area contributed by atoms with E-state index in [0.717, 1.165) is 46.6 Å². The Morgan fingerprint density at radius 1 is 1.18 bits per heavy atom. The van der Waals surface area contributed by atoms with Crippen molar-refractivity contribution < 1.29 is 4.79 Å². The van der Waals surface area contributed by atoms with Crippen molar-refractivity contribution in [2.24, 2.45) is 0 Å². The molecule has 6 heteroatoms. The number of hydrogen-bond donors (Lipinski definition) is 0. The van der Waals surface area contributed by atoms with Gasteiger partial charge in [0, 0.05) is 31.9 Å². The van der Waals surface area contributed by atoms with Crippen LogP contribution in [0.5, 0.6) is 0 Å². The molecule has 0 N–H and O–H groups in total. The number of aromatic nitrogens is 2. The van der Waals surface area contributed by atoms with E-state index < -0.39 is 0 Å². The van der Waals surface area contributed by atoms with Crippen molar-refractivity contribution >= 4 is 32.7 Å². The zero-order chi connectivity index (χ0) is 19.1. The van der Waals surface area contributed by atoms with Gasteiger partial charge in [-0.1, -0.05) is 35.6 Å². The molecule has 0 radical (unpaired) electrons. The van der Waals surface area contributed by atoms with Gasteiger partial charge in [0.15, 0.2) is 10.8 Å². The summed E-state index contributed by atoms with van der Waals surface area (Å²) in [7, 11) is 0. The predicted molar refractivity (Wildman–Crippen MR) is 113 cm³/mol. The summed E-state index contributed by atoms with van der Waals surface area (Å²) in [6.45, 7) is 4.50. The third-order valence-electron chi connectivity index (χ3n) is 5.76. The van der Waals surface area contributed by atoms with Crippen LogP contribution in [-0.4, -0.2) is 46.5 Å². The van der Waals surface area contributed by atoms with Gasteiger partial charge in [-0.05, 0) is 48.9 Å². The maximum atomic E-state index is 12.9. The first-order valence-electron chi connectivity index (χ1n) is 10.0. The Morgan fingerprint density at radius 3 is 2.71 bits per heavy atom. The van der Waals surface area contributed by atoms with Crippen LogP contribution in [0.25, 0.3) is 10.3 Å². The van der Waals surface area contributed by atoms with Crippen LogP contribution >= 0.6 is 11.3 Å². The van der Waals surface area contributed by atoms with Gasteiger partial charge < -0.3 is 9.80 Å². The molecule has 5 rings (SSSR count). The Kier molecular flexibility index (Phi) is 4.51. The second-order valence-electron chi connectivity index (χ2n) is 7.90. The summed E-state index contributed by atoms with van der Waals surface area (Å²) in [5.41, 5.74) is 3.34. The molecule has 144 valence electrons. The summed E-state index contributed by atoms with van der Waals surface area (Å²) < 4.78 is 1.11. The number of amides is 1. The Morgan fingerprint density at radius 2 is 2.00 bits per heavy atom. The number of benzene rings is 1. The lowest BCUT2D eigenvalue weighted by atomic mass is 10.0. The lowest BCUT2D eigenvalue weighted by Crippen LogP contribution is -2.54. The molecule has 1 unspecified atom stereocenters. The maximum absolute atomic E-state index is 12.9. The minimum absolute atomic E-state index is 0.173. The number of pyridine rings is 1. The number of carbonyl (C=O) groups is 1. The summed E-state index contributed by atoms with van der Waals surface area (Å²) in [4.78, 5) is 26.2. The van der Waals surface area contributed by atoms with Crippen molar-refractivity contribution in [1.29, 1.82) is 0 Å². The number of fused-ring (bicyclic) bond motifs is 1. The van der Waals surface area contributed by atoms with E-state index in [1.807, 2.05) is 11.0 Å². The molecular formula is C22H24N4OS. The molecule has 1 aromatic carbocycles. The number of nitrogens with zero attached hydrogens (tertiary/aromatic N) is 4. The van der Waals surface area contributed by atoms with Crippen molar-refractivity contribution in [3.63, 3.8) is 0 Å². The number of hydrogen-bond acceptors (Lipinski definition) is 5. The van der Waals surface area contributed by atoms with E-state index in [1.54, 1.807) is 17.5 Å². The lowest BCUT2D eigenvalue weighted by molar-refractivity contribution is -0.132. The smallest absolute Gasteiger partial charge is 0.227 e. The molecule has 5 nitrogen and oxygen atoms in total. The van der Waals surface area contributed by atoms with Crippen LogP contribution in [0.4, 0.5) is 5.13 Å². The highest BCUT2D eigenvalue weighted by molar-refractivity contribution is 7.22. The fourth-order valence-corrected chi connectivity index (χ4v) is 4.96. The molecule has 1 amide bonds. The van der Waals surface area contributed by atoms with E-state index in [1.165, 1.54) is 18.4 Å².